The molecule has 0 aliphatic carbocycles. The Bertz CT molecular complexity index is 564. The van der Waals surface area contributed by atoms with Gasteiger partial charge in [0.25, 0.3) is 0 Å². The van der Waals surface area contributed by atoms with Gasteiger partial charge in [-0.25, -0.2) is 4.98 Å². The molecule has 1 aromatic carbocycles. The molecule has 1 unspecified atom stereocenters. The van der Waals surface area contributed by atoms with Crippen LogP contribution in [0.5, 0.6) is 0 Å². The number of hydrogen-bond acceptors (Lipinski definition) is 2. The topological polar surface area (TPSA) is 29.9 Å². The van der Waals surface area contributed by atoms with Crippen LogP contribution in [0.15, 0.2) is 30.6 Å². The maximum atomic E-state index is 6.22. The molecule has 0 aliphatic rings. The molecule has 2 aromatic rings. The van der Waals surface area contributed by atoms with Gasteiger partial charge < -0.3 is 9.88 Å². The number of anilines is 1. The normalized spacial score (nSPS) is 12.7. The quantitative estimate of drug-likeness (QED) is 0.866. The molecule has 19 heavy (non-hydrogen) atoms. The Morgan fingerprint density at radius 1 is 1.21 bits per heavy atom. The van der Waals surface area contributed by atoms with Crippen LogP contribution in [0.1, 0.15) is 38.4 Å². The summed E-state index contributed by atoms with van der Waals surface area (Å²) in [5, 5.41) is 4.68. The van der Waals surface area contributed by atoms with Crippen LogP contribution >= 0.6 is 23.2 Å². The summed E-state index contributed by atoms with van der Waals surface area (Å²) in [7, 11) is 0. The van der Waals surface area contributed by atoms with Crippen LogP contribution in [0.3, 0.4) is 0 Å². The van der Waals surface area contributed by atoms with E-state index in [1.54, 1.807) is 12.3 Å². The van der Waals surface area contributed by atoms with Gasteiger partial charge in [-0.1, -0.05) is 29.3 Å². The van der Waals surface area contributed by atoms with Crippen molar-refractivity contribution in [2.24, 2.45) is 0 Å². The third-order valence-electron chi connectivity index (χ3n) is 3.00. The van der Waals surface area contributed by atoms with Gasteiger partial charge in [0.2, 0.25) is 5.95 Å². The number of nitrogens with one attached hydrogen (secondary N) is 1. The molecule has 0 aliphatic heterocycles. The van der Waals surface area contributed by atoms with Gasteiger partial charge in [0.05, 0.1) is 6.04 Å². The minimum Gasteiger partial charge on any atom is -0.349 e. The van der Waals surface area contributed by atoms with E-state index in [0.29, 0.717) is 16.1 Å². The second-order valence-corrected chi connectivity index (χ2v) is 5.63. The second-order valence-electron chi connectivity index (χ2n) is 4.78. The number of benzene rings is 1. The smallest absolute Gasteiger partial charge is 0.203 e. The summed E-state index contributed by atoms with van der Waals surface area (Å²) < 4.78 is 2.08. The number of aromatic nitrogens is 2. The van der Waals surface area contributed by atoms with Gasteiger partial charge >= 0.3 is 0 Å². The van der Waals surface area contributed by atoms with Crippen LogP contribution in [0.2, 0.25) is 10.0 Å². The van der Waals surface area contributed by atoms with Gasteiger partial charge in [-0.15, -0.1) is 0 Å². The van der Waals surface area contributed by atoms with Crippen molar-refractivity contribution in [3.05, 3.63) is 46.2 Å². The highest BCUT2D eigenvalue weighted by molar-refractivity contribution is 6.35. The first-order chi connectivity index (χ1) is 8.99. The van der Waals surface area contributed by atoms with Gasteiger partial charge in [-0.3, -0.25) is 0 Å². The summed E-state index contributed by atoms with van der Waals surface area (Å²) in [6.45, 7) is 6.29. The van der Waals surface area contributed by atoms with Crippen molar-refractivity contribution in [2.75, 3.05) is 5.32 Å². The average Bonchev–Trinajstić information content (AvgIpc) is 2.76. The SMILES string of the molecule is CC(Nc1nccn1C(C)C)c1ccc(Cl)cc1Cl. The number of imidazole rings is 1. The Kier molecular flexibility index (Phi) is 4.38. The average molecular weight is 298 g/mol. The van der Waals surface area contributed by atoms with Crippen molar-refractivity contribution >= 4 is 29.2 Å². The number of nitrogens with zero attached hydrogens (tertiary/aromatic N) is 2. The zero-order chi connectivity index (χ0) is 14.0. The van der Waals surface area contributed by atoms with Crippen molar-refractivity contribution < 1.29 is 0 Å². The molecule has 0 radical (unpaired) electrons. The highest BCUT2D eigenvalue weighted by atomic mass is 35.5. The first-order valence-corrected chi connectivity index (χ1v) is 6.99. The van der Waals surface area contributed by atoms with Crippen LogP contribution in [-0.4, -0.2) is 9.55 Å². The van der Waals surface area contributed by atoms with Crippen LogP contribution in [0.4, 0.5) is 5.95 Å². The molecule has 0 amide bonds. The monoisotopic (exact) mass is 297 g/mol. The molecule has 2 rings (SSSR count). The van der Waals surface area contributed by atoms with E-state index in [2.05, 4.69) is 35.6 Å². The van der Waals surface area contributed by atoms with E-state index in [-0.39, 0.29) is 6.04 Å². The Morgan fingerprint density at radius 2 is 1.95 bits per heavy atom. The molecular weight excluding hydrogens is 281 g/mol. The molecule has 1 N–H and O–H groups in total. The zero-order valence-corrected chi connectivity index (χ0v) is 12.7. The highest BCUT2D eigenvalue weighted by Gasteiger charge is 2.13. The molecule has 0 fully saturated rings. The molecule has 1 atom stereocenters. The lowest BCUT2D eigenvalue weighted by atomic mass is 10.1. The summed E-state index contributed by atoms with van der Waals surface area (Å²) in [4.78, 5) is 4.33. The third kappa shape index (κ3) is 3.23. The van der Waals surface area contributed by atoms with Crippen LogP contribution in [0.25, 0.3) is 0 Å². The zero-order valence-electron chi connectivity index (χ0n) is 11.2. The lowest BCUT2D eigenvalue weighted by Crippen LogP contribution is -2.13. The summed E-state index contributed by atoms with van der Waals surface area (Å²) in [6, 6.07) is 5.95. The molecular formula is C14H17Cl2N3. The van der Waals surface area contributed by atoms with Crippen molar-refractivity contribution in [3.8, 4) is 0 Å². The maximum absolute atomic E-state index is 6.22. The highest BCUT2D eigenvalue weighted by Crippen LogP contribution is 2.28. The molecule has 0 saturated carbocycles. The molecule has 0 bridgehead atoms. The Morgan fingerprint density at radius 3 is 2.58 bits per heavy atom. The van der Waals surface area contributed by atoms with Crippen molar-refractivity contribution in [1.82, 2.24) is 9.55 Å². The summed E-state index contributed by atoms with van der Waals surface area (Å²) in [5.74, 6) is 0.841. The summed E-state index contributed by atoms with van der Waals surface area (Å²) in [6.07, 6.45) is 3.75. The molecule has 3 nitrogen and oxygen atoms in total. The first-order valence-electron chi connectivity index (χ1n) is 6.23. The van der Waals surface area contributed by atoms with Crippen molar-refractivity contribution in [2.45, 2.75) is 32.9 Å². The van der Waals surface area contributed by atoms with E-state index < -0.39 is 0 Å². The largest absolute Gasteiger partial charge is 0.349 e. The predicted octanol–water partition coefficient (Wildman–Crippen LogP) is 4.94. The number of hydrogen-bond donors (Lipinski definition) is 1. The lowest BCUT2D eigenvalue weighted by Gasteiger charge is -2.19. The van der Waals surface area contributed by atoms with Gasteiger partial charge in [-0.2, -0.15) is 0 Å². The maximum Gasteiger partial charge on any atom is 0.203 e. The van der Waals surface area contributed by atoms with Crippen LogP contribution in [-0.2, 0) is 0 Å². The van der Waals surface area contributed by atoms with E-state index >= 15 is 0 Å². The van der Waals surface area contributed by atoms with E-state index in [0.717, 1.165) is 11.5 Å². The standard InChI is InChI=1S/C14H17Cl2N3/c1-9(2)19-7-6-17-14(19)18-10(3)12-5-4-11(15)8-13(12)16/h4-10H,1-3H3,(H,17,18). The fraction of sp³-hybridized carbons (Fsp3) is 0.357. The molecule has 102 valence electrons. The third-order valence-corrected chi connectivity index (χ3v) is 3.56. The molecule has 1 aromatic heterocycles. The Hall–Kier alpha value is -1.19. The first kappa shape index (κ1) is 14.2. The lowest BCUT2D eigenvalue weighted by molar-refractivity contribution is 0.600. The van der Waals surface area contributed by atoms with Crippen LogP contribution < -0.4 is 5.32 Å². The van der Waals surface area contributed by atoms with Crippen molar-refractivity contribution in [1.29, 1.82) is 0 Å². The fourth-order valence-electron chi connectivity index (χ4n) is 1.97. The minimum absolute atomic E-state index is 0.0599. The van der Waals surface area contributed by atoms with Gasteiger partial charge in [0.1, 0.15) is 0 Å². The van der Waals surface area contributed by atoms with Gasteiger partial charge in [0, 0.05) is 28.5 Å². The predicted molar refractivity (Wildman–Crippen MR) is 81.1 cm³/mol. The molecule has 0 spiro atoms. The van der Waals surface area contributed by atoms with E-state index in [1.807, 2.05) is 18.3 Å². The second kappa shape index (κ2) is 5.85. The molecule has 1 heterocycles. The van der Waals surface area contributed by atoms with E-state index in [9.17, 15) is 0 Å². The number of halogens is 2. The van der Waals surface area contributed by atoms with Crippen molar-refractivity contribution in [3.63, 3.8) is 0 Å². The Balaban J connectivity index is 2.21. The summed E-state index contributed by atoms with van der Waals surface area (Å²) in [5.41, 5.74) is 1.00. The van der Waals surface area contributed by atoms with Gasteiger partial charge in [-0.05, 0) is 38.5 Å². The van der Waals surface area contributed by atoms with E-state index in [1.165, 1.54) is 0 Å². The molecule has 0 saturated heterocycles. The minimum atomic E-state index is 0.0599. The molecule has 5 heteroatoms. The Labute approximate surface area is 123 Å². The van der Waals surface area contributed by atoms with E-state index in [4.69, 9.17) is 23.2 Å². The summed E-state index contributed by atoms with van der Waals surface area (Å²) >= 11 is 12.1. The number of rotatable bonds is 4. The van der Waals surface area contributed by atoms with Crippen LogP contribution in [0, 0.1) is 0 Å². The fourth-order valence-corrected chi connectivity index (χ4v) is 2.54. The van der Waals surface area contributed by atoms with Gasteiger partial charge in [0.15, 0.2) is 0 Å².